The molecule has 0 heterocycles. The summed E-state index contributed by atoms with van der Waals surface area (Å²) < 4.78 is 1.06. The lowest BCUT2D eigenvalue weighted by Gasteiger charge is -2.08. The highest BCUT2D eigenvalue weighted by atomic mass is 79.9. The second-order valence-corrected chi connectivity index (χ2v) is 3.61. The fraction of sp³-hybridized carbons (Fsp3) is 0.222. The van der Waals surface area contributed by atoms with Gasteiger partial charge < -0.3 is 11.1 Å². The molecule has 0 fully saturated rings. The molecule has 0 saturated carbocycles. The Morgan fingerprint density at radius 2 is 2.23 bits per heavy atom. The van der Waals surface area contributed by atoms with E-state index in [4.69, 9.17) is 5.73 Å². The molecule has 0 radical (unpaired) electrons. The Balaban J connectivity index is 2.90. The lowest BCUT2D eigenvalue weighted by atomic mass is 10.2. The van der Waals surface area contributed by atoms with Crippen LogP contribution in [0.25, 0.3) is 0 Å². The molecular formula is C9H12BrN3. The zero-order valence-electron chi connectivity index (χ0n) is 7.63. The summed E-state index contributed by atoms with van der Waals surface area (Å²) in [5.41, 5.74) is 7.64. The molecule has 0 bridgehead atoms. The summed E-state index contributed by atoms with van der Waals surface area (Å²) >= 11 is 3.39. The minimum Gasteiger partial charge on any atom is -0.370 e. The number of hydrogen-bond donors (Lipinski definition) is 2. The zero-order valence-corrected chi connectivity index (χ0v) is 9.22. The highest BCUT2D eigenvalue weighted by molar-refractivity contribution is 9.10. The van der Waals surface area contributed by atoms with Gasteiger partial charge in [-0.3, -0.25) is 4.99 Å². The number of guanidine groups is 1. The Hall–Kier alpha value is -1.03. The molecule has 1 aromatic rings. The van der Waals surface area contributed by atoms with Gasteiger partial charge in [0.05, 0.1) is 0 Å². The average Bonchev–Trinajstić information content (AvgIpc) is 2.09. The largest absolute Gasteiger partial charge is 0.370 e. The quantitative estimate of drug-likeness (QED) is 0.585. The van der Waals surface area contributed by atoms with Crippen molar-refractivity contribution in [3.63, 3.8) is 0 Å². The predicted octanol–water partition coefficient (Wildman–Crippen LogP) is 2.11. The van der Waals surface area contributed by atoms with Gasteiger partial charge in [-0.2, -0.15) is 0 Å². The number of nitrogens with one attached hydrogen (secondary N) is 1. The summed E-state index contributed by atoms with van der Waals surface area (Å²) in [6.07, 6.45) is 0. The van der Waals surface area contributed by atoms with Gasteiger partial charge in [-0.05, 0) is 30.7 Å². The average molecular weight is 242 g/mol. The van der Waals surface area contributed by atoms with Crippen molar-refractivity contribution in [3.05, 3.63) is 28.2 Å². The number of hydrogen-bond acceptors (Lipinski definition) is 1. The van der Waals surface area contributed by atoms with E-state index in [0.29, 0.717) is 5.96 Å². The van der Waals surface area contributed by atoms with Gasteiger partial charge in [-0.1, -0.05) is 15.9 Å². The minimum atomic E-state index is 0.422. The number of halogens is 1. The molecule has 0 saturated heterocycles. The summed E-state index contributed by atoms with van der Waals surface area (Å²) in [5, 5.41) is 2.99. The number of nitrogens with zero attached hydrogens (tertiary/aromatic N) is 1. The maximum Gasteiger partial charge on any atom is 0.192 e. The van der Waals surface area contributed by atoms with Crippen LogP contribution in [0, 0.1) is 6.92 Å². The Morgan fingerprint density at radius 1 is 1.54 bits per heavy atom. The van der Waals surface area contributed by atoms with Gasteiger partial charge in [-0.15, -0.1) is 0 Å². The Kier molecular flexibility index (Phi) is 3.31. The predicted molar refractivity (Wildman–Crippen MR) is 60.0 cm³/mol. The summed E-state index contributed by atoms with van der Waals surface area (Å²) in [6, 6.07) is 5.93. The first-order valence-corrected chi connectivity index (χ1v) is 4.68. The number of aryl methyl sites for hydroxylation is 1. The molecule has 1 rings (SSSR count). The first-order chi connectivity index (χ1) is 6.13. The van der Waals surface area contributed by atoms with E-state index >= 15 is 0 Å². The van der Waals surface area contributed by atoms with E-state index in [1.165, 1.54) is 0 Å². The van der Waals surface area contributed by atoms with E-state index in [-0.39, 0.29) is 0 Å². The van der Waals surface area contributed by atoms with Crippen LogP contribution in [0.5, 0.6) is 0 Å². The van der Waals surface area contributed by atoms with Crippen LogP contribution in [0.3, 0.4) is 0 Å². The molecule has 3 nitrogen and oxygen atoms in total. The fourth-order valence-electron chi connectivity index (χ4n) is 0.961. The molecule has 0 spiro atoms. The molecule has 13 heavy (non-hydrogen) atoms. The van der Waals surface area contributed by atoms with Crippen LogP contribution in [0.1, 0.15) is 5.56 Å². The monoisotopic (exact) mass is 241 g/mol. The third kappa shape index (κ3) is 2.73. The Labute approximate surface area is 86.2 Å². The van der Waals surface area contributed by atoms with Crippen molar-refractivity contribution < 1.29 is 0 Å². The molecule has 70 valence electrons. The summed E-state index contributed by atoms with van der Waals surface area (Å²) in [6.45, 7) is 2.01. The minimum absolute atomic E-state index is 0.422. The molecule has 4 heteroatoms. The van der Waals surface area contributed by atoms with Crippen molar-refractivity contribution in [1.82, 2.24) is 0 Å². The van der Waals surface area contributed by atoms with Crippen molar-refractivity contribution in [2.45, 2.75) is 6.92 Å². The first-order valence-electron chi connectivity index (χ1n) is 3.89. The van der Waals surface area contributed by atoms with Crippen molar-refractivity contribution >= 4 is 27.6 Å². The third-order valence-electron chi connectivity index (χ3n) is 1.69. The topological polar surface area (TPSA) is 50.4 Å². The maximum absolute atomic E-state index is 5.54. The van der Waals surface area contributed by atoms with Gasteiger partial charge >= 0.3 is 0 Å². The van der Waals surface area contributed by atoms with E-state index in [1.807, 2.05) is 25.1 Å². The van der Waals surface area contributed by atoms with E-state index in [0.717, 1.165) is 15.7 Å². The van der Waals surface area contributed by atoms with Crippen LogP contribution in [-0.4, -0.2) is 13.0 Å². The van der Waals surface area contributed by atoms with Crippen LogP contribution in [0.4, 0.5) is 5.69 Å². The smallest absolute Gasteiger partial charge is 0.192 e. The lowest BCUT2D eigenvalue weighted by molar-refractivity contribution is 1.36. The molecule has 0 aliphatic heterocycles. The number of rotatable bonds is 1. The Morgan fingerprint density at radius 3 is 2.77 bits per heavy atom. The number of benzene rings is 1. The molecular weight excluding hydrogens is 230 g/mol. The molecule has 0 amide bonds. The second-order valence-electron chi connectivity index (χ2n) is 2.69. The molecule has 3 N–H and O–H groups in total. The molecule has 0 aliphatic rings. The molecule has 1 aromatic carbocycles. The van der Waals surface area contributed by atoms with E-state index in [2.05, 4.69) is 26.2 Å². The number of anilines is 1. The fourth-order valence-corrected chi connectivity index (χ4v) is 1.44. The first kappa shape index (κ1) is 10.1. The standard InChI is InChI=1S/C9H12BrN3/c1-6-5-7(10)3-4-8(6)13-9(11)12-2/h3-5H,1-2H3,(H3,11,12,13). The van der Waals surface area contributed by atoms with E-state index in [9.17, 15) is 0 Å². The van der Waals surface area contributed by atoms with Crippen LogP contribution in [-0.2, 0) is 0 Å². The van der Waals surface area contributed by atoms with Gasteiger partial charge in [0.2, 0.25) is 0 Å². The highest BCUT2D eigenvalue weighted by Crippen LogP contribution is 2.19. The maximum atomic E-state index is 5.54. The van der Waals surface area contributed by atoms with Crippen molar-refractivity contribution in [1.29, 1.82) is 0 Å². The molecule has 0 unspecified atom stereocenters. The van der Waals surface area contributed by atoms with Crippen molar-refractivity contribution in [3.8, 4) is 0 Å². The highest BCUT2D eigenvalue weighted by Gasteiger charge is 1.98. The van der Waals surface area contributed by atoms with Crippen LogP contribution >= 0.6 is 15.9 Å². The summed E-state index contributed by atoms with van der Waals surface area (Å²) in [5.74, 6) is 0.422. The van der Waals surface area contributed by atoms with Crippen LogP contribution in [0.15, 0.2) is 27.7 Å². The van der Waals surface area contributed by atoms with Gasteiger partial charge in [0.15, 0.2) is 5.96 Å². The van der Waals surface area contributed by atoms with E-state index < -0.39 is 0 Å². The van der Waals surface area contributed by atoms with E-state index in [1.54, 1.807) is 7.05 Å². The van der Waals surface area contributed by atoms with Gasteiger partial charge in [-0.25, -0.2) is 0 Å². The van der Waals surface area contributed by atoms with Gasteiger partial charge in [0.1, 0.15) is 0 Å². The van der Waals surface area contributed by atoms with Crippen LogP contribution in [0.2, 0.25) is 0 Å². The Bertz CT molecular complexity index is 334. The summed E-state index contributed by atoms with van der Waals surface area (Å²) in [7, 11) is 1.65. The van der Waals surface area contributed by atoms with Crippen LogP contribution < -0.4 is 11.1 Å². The van der Waals surface area contributed by atoms with Gasteiger partial charge in [0.25, 0.3) is 0 Å². The van der Waals surface area contributed by atoms with Crippen molar-refractivity contribution in [2.24, 2.45) is 10.7 Å². The molecule has 0 atom stereocenters. The molecule has 0 aliphatic carbocycles. The normalized spacial score (nSPS) is 11.5. The summed E-state index contributed by atoms with van der Waals surface area (Å²) in [4.78, 5) is 3.82. The zero-order chi connectivity index (χ0) is 9.84. The molecule has 0 aromatic heterocycles. The second kappa shape index (κ2) is 4.28. The SMILES string of the molecule is CN=C(N)Nc1ccc(Br)cc1C. The number of aliphatic imine (C=N–C) groups is 1. The van der Waals surface area contributed by atoms with Crippen molar-refractivity contribution in [2.75, 3.05) is 12.4 Å². The number of nitrogens with two attached hydrogens (primary N) is 1. The van der Waals surface area contributed by atoms with Gasteiger partial charge in [0, 0.05) is 17.2 Å². The third-order valence-corrected chi connectivity index (χ3v) is 2.19. The lowest BCUT2D eigenvalue weighted by Crippen LogP contribution is -2.22.